The van der Waals surface area contributed by atoms with E-state index in [2.05, 4.69) is 24.1 Å². The standard InChI is InChI=1S/C17H19ClN2O3S/c1-9(2)17-19-10(3)15(24-17)16(21)20-12-8-14-13(7-11(12)18)22-5-4-6-23-14/h7-9H,4-6H2,1-3H3,(H,20,21). The molecule has 5 nitrogen and oxygen atoms in total. The molecule has 3 rings (SSSR count). The van der Waals surface area contributed by atoms with E-state index in [0.717, 1.165) is 17.1 Å². The Bertz CT molecular complexity index is 773. The molecular weight excluding hydrogens is 348 g/mol. The van der Waals surface area contributed by atoms with E-state index in [1.807, 2.05) is 6.92 Å². The van der Waals surface area contributed by atoms with Gasteiger partial charge in [0.25, 0.3) is 5.91 Å². The zero-order valence-electron chi connectivity index (χ0n) is 13.8. The Hall–Kier alpha value is -1.79. The van der Waals surface area contributed by atoms with Crippen molar-refractivity contribution >= 4 is 34.5 Å². The van der Waals surface area contributed by atoms with Crippen molar-refractivity contribution in [1.82, 2.24) is 4.98 Å². The maximum Gasteiger partial charge on any atom is 0.267 e. The van der Waals surface area contributed by atoms with E-state index < -0.39 is 0 Å². The number of halogens is 1. The Morgan fingerprint density at radius 1 is 1.29 bits per heavy atom. The normalized spacial score (nSPS) is 13.7. The molecule has 1 aromatic heterocycles. The van der Waals surface area contributed by atoms with Gasteiger partial charge in [0.1, 0.15) is 4.88 Å². The van der Waals surface area contributed by atoms with Crippen LogP contribution in [0.5, 0.6) is 11.5 Å². The molecule has 1 aliphatic rings. The third-order valence-corrected chi connectivity index (χ3v) is 5.37. The lowest BCUT2D eigenvalue weighted by atomic mass is 10.2. The van der Waals surface area contributed by atoms with E-state index in [4.69, 9.17) is 21.1 Å². The second-order valence-electron chi connectivity index (χ2n) is 5.90. The Labute approximate surface area is 150 Å². The van der Waals surface area contributed by atoms with E-state index in [-0.39, 0.29) is 11.8 Å². The lowest BCUT2D eigenvalue weighted by Gasteiger charge is -2.12. The third kappa shape index (κ3) is 3.49. The summed E-state index contributed by atoms with van der Waals surface area (Å²) in [5, 5.41) is 4.22. The summed E-state index contributed by atoms with van der Waals surface area (Å²) in [5.74, 6) is 1.27. The van der Waals surface area contributed by atoms with Crippen LogP contribution in [0.1, 0.15) is 46.6 Å². The minimum Gasteiger partial charge on any atom is -0.490 e. The number of aromatic nitrogens is 1. The predicted molar refractivity (Wildman–Crippen MR) is 96.0 cm³/mol. The second-order valence-corrected chi connectivity index (χ2v) is 7.34. The molecule has 1 amide bonds. The van der Waals surface area contributed by atoms with Gasteiger partial charge in [0.15, 0.2) is 11.5 Å². The molecule has 1 aromatic carbocycles. The molecule has 24 heavy (non-hydrogen) atoms. The molecule has 0 aliphatic carbocycles. The number of amides is 1. The van der Waals surface area contributed by atoms with E-state index >= 15 is 0 Å². The Balaban J connectivity index is 1.85. The maximum atomic E-state index is 12.6. The first-order chi connectivity index (χ1) is 11.5. The monoisotopic (exact) mass is 366 g/mol. The van der Waals surface area contributed by atoms with Crippen LogP contribution in [0, 0.1) is 6.92 Å². The van der Waals surface area contributed by atoms with Gasteiger partial charge in [-0.2, -0.15) is 0 Å². The maximum absolute atomic E-state index is 12.6. The molecule has 0 radical (unpaired) electrons. The van der Waals surface area contributed by atoms with Crippen LogP contribution in [0.3, 0.4) is 0 Å². The molecular formula is C17H19ClN2O3S. The highest BCUT2D eigenvalue weighted by Gasteiger charge is 2.20. The highest BCUT2D eigenvalue weighted by atomic mass is 35.5. The van der Waals surface area contributed by atoms with Gasteiger partial charge in [0, 0.05) is 24.5 Å². The van der Waals surface area contributed by atoms with Crippen LogP contribution in [-0.4, -0.2) is 24.1 Å². The summed E-state index contributed by atoms with van der Waals surface area (Å²) in [6, 6.07) is 3.39. The van der Waals surface area contributed by atoms with Crippen LogP contribution in [0.15, 0.2) is 12.1 Å². The number of fused-ring (bicyclic) bond motifs is 1. The van der Waals surface area contributed by atoms with Gasteiger partial charge in [0.05, 0.1) is 34.6 Å². The molecule has 2 aromatic rings. The zero-order chi connectivity index (χ0) is 17.3. The number of benzene rings is 1. The van der Waals surface area contributed by atoms with Crippen LogP contribution in [0.25, 0.3) is 0 Å². The van der Waals surface area contributed by atoms with Crippen molar-refractivity contribution in [2.24, 2.45) is 0 Å². The number of carbonyl (C=O) groups is 1. The highest BCUT2D eigenvalue weighted by Crippen LogP contribution is 2.38. The molecule has 1 N–H and O–H groups in total. The molecule has 0 unspecified atom stereocenters. The van der Waals surface area contributed by atoms with Crippen LogP contribution < -0.4 is 14.8 Å². The van der Waals surface area contributed by atoms with Crippen molar-refractivity contribution in [3.63, 3.8) is 0 Å². The number of hydrogen-bond donors (Lipinski definition) is 1. The van der Waals surface area contributed by atoms with Gasteiger partial charge in [-0.05, 0) is 6.92 Å². The van der Waals surface area contributed by atoms with Gasteiger partial charge in [-0.1, -0.05) is 25.4 Å². The first kappa shape index (κ1) is 17.0. The molecule has 0 fully saturated rings. The quantitative estimate of drug-likeness (QED) is 0.859. The minimum absolute atomic E-state index is 0.215. The molecule has 0 saturated carbocycles. The summed E-state index contributed by atoms with van der Waals surface area (Å²) in [6.45, 7) is 7.12. The fourth-order valence-corrected chi connectivity index (χ4v) is 3.50. The van der Waals surface area contributed by atoms with E-state index in [1.165, 1.54) is 11.3 Å². The Morgan fingerprint density at radius 2 is 1.96 bits per heavy atom. The number of ether oxygens (including phenoxy) is 2. The summed E-state index contributed by atoms with van der Waals surface area (Å²) < 4.78 is 11.2. The van der Waals surface area contributed by atoms with Crippen molar-refractivity contribution in [1.29, 1.82) is 0 Å². The number of thiazole rings is 1. The molecule has 1 aliphatic heterocycles. The molecule has 0 spiro atoms. The van der Waals surface area contributed by atoms with Gasteiger partial charge in [-0.15, -0.1) is 11.3 Å². The summed E-state index contributed by atoms with van der Waals surface area (Å²) in [7, 11) is 0. The number of rotatable bonds is 3. The zero-order valence-corrected chi connectivity index (χ0v) is 15.4. The van der Waals surface area contributed by atoms with Gasteiger partial charge in [-0.3, -0.25) is 4.79 Å². The number of aryl methyl sites for hydroxylation is 1. The molecule has 7 heteroatoms. The van der Waals surface area contributed by atoms with E-state index in [0.29, 0.717) is 40.3 Å². The first-order valence-corrected chi connectivity index (χ1v) is 9.03. The molecule has 0 saturated heterocycles. The lowest BCUT2D eigenvalue weighted by molar-refractivity contribution is 0.103. The minimum atomic E-state index is -0.215. The molecule has 0 atom stereocenters. The number of nitrogens with zero attached hydrogens (tertiary/aromatic N) is 1. The Morgan fingerprint density at radius 3 is 2.58 bits per heavy atom. The average Bonchev–Trinajstić information content (AvgIpc) is 2.78. The van der Waals surface area contributed by atoms with E-state index in [1.54, 1.807) is 12.1 Å². The number of anilines is 1. The predicted octanol–water partition coefficient (Wildman–Crippen LogP) is 4.64. The number of carbonyl (C=O) groups excluding carboxylic acids is 1. The van der Waals surface area contributed by atoms with Crippen LogP contribution in [-0.2, 0) is 0 Å². The first-order valence-electron chi connectivity index (χ1n) is 7.83. The SMILES string of the molecule is Cc1nc(C(C)C)sc1C(=O)Nc1cc2c(cc1Cl)OCCCO2. The number of nitrogens with one attached hydrogen (secondary N) is 1. The van der Waals surface area contributed by atoms with Gasteiger partial charge < -0.3 is 14.8 Å². The van der Waals surface area contributed by atoms with Crippen molar-refractivity contribution in [2.75, 3.05) is 18.5 Å². The van der Waals surface area contributed by atoms with Crippen LogP contribution in [0.2, 0.25) is 5.02 Å². The Kier molecular flexibility index (Phi) is 4.96. The third-order valence-electron chi connectivity index (χ3n) is 3.60. The summed E-state index contributed by atoms with van der Waals surface area (Å²) >= 11 is 7.69. The fourth-order valence-electron chi connectivity index (χ4n) is 2.33. The smallest absolute Gasteiger partial charge is 0.267 e. The van der Waals surface area contributed by atoms with Crippen LogP contribution in [0.4, 0.5) is 5.69 Å². The average molecular weight is 367 g/mol. The summed E-state index contributed by atoms with van der Waals surface area (Å²) in [5.41, 5.74) is 1.23. The van der Waals surface area contributed by atoms with E-state index in [9.17, 15) is 4.79 Å². The van der Waals surface area contributed by atoms with Crippen molar-refractivity contribution in [2.45, 2.75) is 33.1 Å². The lowest BCUT2D eigenvalue weighted by Crippen LogP contribution is -2.12. The molecule has 0 bridgehead atoms. The largest absolute Gasteiger partial charge is 0.490 e. The topological polar surface area (TPSA) is 60.5 Å². The summed E-state index contributed by atoms with van der Waals surface area (Å²) in [4.78, 5) is 17.6. The fraction of sp³-hybridized carbons (Fsp3) is 0.412. The van der Waals surface area contributed by atoms with Crippen molar-refractivity contribution < 1.29 is 14.3 Å². The van der Waals surface area contributed by atoms with Crippen molar-refractivity contribution in [3.05, 3.63) is 32.7 Å². The van der Waals surface area contributed by atoms with Gasteiger partial charge in [0.2, 0.25) is 0 Å². The van der Waals surface area contributed by atoms with Crippen LogP contribution >= 0.6 is 22.9 Å². The van der Waals surface area contributed by atoms with Gasteiger partial charge >= 0.3 is 0 Å². The molecule has 2 heterocycles. The number of hydrogen-bond acceptors (Lipinski definition) is 5. The van der Waals surface area contributed by atoms with Crippen molar-refractivity contribution in [3.8, 4) is 11.5 Å². The highest BCUT2D eigenvalue weighted by molar-refractivity contribution is 7.14. The van der Waals surface area contributed by atoms with Gasteiger partial charge in [-0.25, -0.2) is 4.98 Å². The summed E-state index contributed by atoms with van der Waals surface area (Å²) in [6.07, 6.45) is 0.812. The molecule has 128 valence electrons. The second kappa shape index (κ2) is 6.99.